The second-order valence-corrected chi connectivity index (χ2v) is 6.25. The maximum Gasteiger partial charge on any atom is 0.291 e. The number of hydrogen-bond acceptors (Lipinski definition) is 4. The maximum atomic E-state index is 12.4. The Labute approximate surface area is 157 Å². The molecule has 0 saturated heterocycles. The Morgan fingerprint density at radius 1 is 1.27 bits per heavy atom. The van der Waals surface area contributed by atoms with Crippen LogP contribution in [0, 0.1) is 0 Å². The number of nitrogens with one attached hydrogen (secondary N) is 2. The molecule has 2 N–H and O–H groups in total. The van der Waals surface area contributed by atoms with E-state index < -0.39 is 0 Å². The molecule has 0 fully saturated rings. The standard InChI is InChI=1S/C20H33N3O3/c1-6-23(7-2)14-10-11-16(4)21-20(26-8-3)22-19(24)17-12-9-13-18(15-17)25-5/h9,12-13,15-16H,6-8,10-11,14H2,1-5H3,(H,21,22,24)/p+1/t16-/m0/s1. The summed E-state index contributed by atoms with van der Waals surface area (Å²) in [6.07, 6.45) is 2.07. The smallest absolute Gasteiger partial charge is 0.291 e. The first kappa shape index (κ1) is 22.0. The highest BCUT2D eigenvalue weighted by molar-refractivity contribution is 6.04. The second-order valence-electron chi connectivity index (χ2n) is 6.25. The fourth-order valence-corrected chi connectivity index (χ4v) is 2.69. The van der Waals surface area contributed by atoms with E-state index in [0.29, 0.717) is 17.9 Å². The van der Waals surface area contributed by atoms with Crippen LogP contribution < -0.4 is 15.0 Å². The molecule has 6 nitrogen and oxygen atoms in total. The zero-order valence-corrected chi connectivity index (χ0v) is 16.8. The summed E-state index contributed by atoms with van der Waals surface area (Å²) in [5.41, 5.74) is 0.509. The van der Waals surface area contributed by atoms with Gasteiger partial charge in [0.25, 0.3) is 11.9 Å². The predicted octanol–water partition coefficient (Wildman–Crippen LogP) is 1.91. The zero-order chi connectivity index (χ0) is 19.4. The second kappa shape index (κ2) is 12.3. The van der Waals surface area contributed by atoms with Crippen molar-refractivity contribution < 1.29 is 19.2 Å². The summed E-state index contributed by atoms with van der Waals surface area (Å²) in [4.78, 5) is 18.6. The van der Waals surface area contributed by atoms with Crippen LogP contribution in [0.2, 0.25) is 0 Å². The highest BCUT2D eigenvalue weighted by Gasteiger charge is 2.12. The minimum atomic E-state index is -0.254. The topological polar surface area (TPSA) is 64.4 Å². The van der Waals surface area contributed by atoms with Gasteiger partial charge in [-0.15, -0.1) is 0 Å². The van der Waals surface area contributed by atoms with Crippen molar-refractivity contribution in [2.75, 3.05) is 33.4 Å². The van der Waals surface area contributed by atoms with E-state index in [4.69, 9.17) is 9.47 Å². The number of methoxy groups -OCH3 is 1. The molecule has 0 aromatic heterocycles. The van der Waals surface area contributed by atoms with Gasteiger partial charge in [-0.2, -0.15) is 0 Å². The van der Waals surface area contributed by atoms with Crippen molar-refractivity contribution in [2.24, 2.45) is 4.99 Å². The van der Waals surface area contributed by atoms with E-state index in [2.05, 4.69) is 24.2 Å². The van der Waals surface area contributed by atoms with Crippen LogP contribution in [-0.4, -0.2) is 51.3 Å². The lowest BCUT2D eigenvalue weighted by molar-refractivity contribution is -0.896. The average molecular weight is 365 g/mol. The normalized spacial score (nSPS) is 12.8. The van der Waals surface area contributed by atoms with E-state index in [1.54, 1.807) is 36.3 Å². The van der Waals surface area contributed by atoms with Crippen molar-refractivity contribution in [2.45, 2.75) is 46.6 Å². The number of hydrogen-bond donors (Lipinski definition) is 2. The summed E-state index contributed by atoms with van der Waals surface area (Å²) in [6.45, 7) is 12.2. The third-order valence-electron chi connectivity index (χ3n) is 4.32. The number of amides is 1. The highest BCUT2D eigenvalue weighted by atomic mass is 16.5. The Kier molecular flexibility index (Phi) is 10.4. The van der Waals surface area contributed by atoms with Crippen LogP contribution >= 0.6 is 0 Å². The van der Waals surface area contributed by atoms with Gasteiger partial charge in [-0.05, 0) is 58.7 Å². The van der Waals surface area contributed by atoms with E-state index in [0.717, 1.165) is 32.5 Å². The maximum absolute atomic E-state index is 12.4. The van der Waals surface area contributed by atoms with Gasteiger partial charge in [0.2, 0.25) is 0 Å². The van der Waals surface area contributed by atoms with E-state index in [1.807, 2.05) is 13.8 Å². The lowest BCUT2D eigenvalue weighted by Crippen LogP contribution is -3.11. The summed E-state index contributed by atoms with van der Waals surface area (Å²) in [5.74, 6) is 0.385. The Morgan fingerprint density at radius 3 is 2.62 bits per heavy atom. The van der Waals surface area contributed by atoms with Gasteiger partial charge in [0.1, 0.15) is 5.75 Å². The van der Waals surface area contributed by atoms with Crippen LogP contribution in [0.1, 0.15) is 50.9 Å². The number of aliphatic imine (C=N–C) groups is 1. The van der Waals surface area contributed by atoms with Gasteiger partial charge < -0.3 is 14.4 Å². The van der Waals surface area contributed by atoms with Crippen molar-refractivity contribution in [3.8, 4) is 5.75 Å². The van der Waals surface area contributed by atoms with Crippen LogP contribution in [0.3, 0.4) is 0 Å². The molecule has 0 spiro atoms. The molecule has 1 atom stereocenters. The lowest BCUT2D eigenvalue weighted by Gasteiger charge is -2.16. The molecule has 1 aromatic rings. The predicted molar refractivity (Wildman–Crippen MR) is 105 cm³/mol. The zero-order valence-electron chi connectivity index (χ0n) is 16.8. The van der Waals surface area contributed by atoms with Crippen molar-refractivity contribution in [1.82, 2.24) is 5.32 Å². The molecule has 0 aliphatic heterocycles. The van der Waals surface area contributed by atoms with Gasteiger partial charge in [-0.25, -0.2) is 4.99 Å². The number of nitrogens with zero attached hydrogens (tertiary/aromatic N) is 1. The third-order valence-corrected chi connectivity index (χ3v) is 4.32. The van der Waals surface area contributed by atoms with Gasteiger partial charge in [0.05, 0.1) is 39.4 Å². The Balaban J connectivity index is 2.65. The van der Waals surface area contributed by atoms with Crippen LogP contribution in [0.5, 0.6) is 5.75 Å². The quantitative estimate of drug-likeness (QED) is 0.492. The molecular weight excluding hydrogens is 330 g/mol. The Hall–Kier alpha value is -2.08. The first-order chi connectivity index (χ1) is 12.5. The fourth-order valence-electron chi connectivity index (χ4n) is 2.69. The fraction of sp³-hybridized carbons (Fsp3) is 0.600. The lowest BCUT2D eigenvalue weighted by atomic mass is 10.2. The molecule has 146 valence electrons. The molecule has 0 unspecified atom stereocenters. The van der Waals surface area contributed by atoms with Gasteiger partial charge in [0.15, 0.2) is 0 Å². The largest absolute Gasteiger partial charge is 0.497 e. The van der Waals surface area contributed by atoms with E-state index in [9.17, 15) is 4.79 Å². The summed E-state index contributed by atoms with van der Waals surface area (Å²) in [5, 5.41) is 2.77. The average Bonchev–Trinajstić information content (AvgIpc) is 2.65. The summed E-state index contributed by atoms with van der Waals surface area (Å²) >= 11 is 0. The molecule has 0 bridgehead atoms. The molecule has 0 saturated carbocycles. The van der Waals surface area contributed by atoms with Crippen LogP contribution in [0.15, 0.2) is 29.3 Å². The first-order valence-corrected chi connectivity index (χ1v) is 9.53. The van der Waals surface area contributed by atoms with Gasteiger partial charge in [-0.3, -0.25) is 10.1 Å². The number of amidine groups is 1. The molecule has 0 aliphatic carbocycles. The SMILES string of the molecule is CCOC(=N[C@@H](C)CCC[NH+](CC)CC)NC(=O)c1cccc(OC)c1. The van der Waals surface area contributed by atoms with Crippen molar-refractivity contribution in [3.63, 3.8) is 0 Å². The molecule has 0 aliphatic rings. The summed E-state index contributed by atoms with van der Waals surface area (Å²) in [7, 11) is 1.58. The number of rotatable bonds is 10. The Morgan fingerprint density at radius 2 is 2.00 bits per heavy atom. The van der Waals surface area contributed by atoms with Crippen LogP contribution in [-0.2, 0) is 4.74 Å². The Bertz CT molecular complexity index is 571. The van der Waals surface area contributed by atoms with Gasteiger partial charge >= 0.3 is 0 Å². The van der Waals surface area contributed by atoms with E-state index in [1.165, 1.54) is 0 Å². The highest BCUT2D eigenvalue weighted by Crippen LogP contribution is 2.12. The van der Waals surface area contributed by atoms with Crippen molar-refractivity contribution in [3.05, 3.63) is 29.8 Å². The van der Waals surface area contributed by atoms with Gasteiger partial charge in [0, 0.05) is 5.56 Å². The van der Waals surface area contributed by atoms with Crippen LogP contribution in [0.25, 0.3) is 0 Å². The van der Waals surface area contributed by atoms with Crippen LogP contribution in [0.4, 0.5) is 0 Å². The van der Waals surface area contributed by atoms with Crippen molar-refractivity contribution >= 4 is 11.9 Å². The molecular formula is C20H34N3O3+. The molecule has 6 heteroatoms. The molecule has 1 aromatic carbocycles. The number of carbonyl (C=O) groups excluding carboxylic acids is 1. The van der Waals surface area contributed by atoms with Crippen molar-refractivity contribution in [1.29, 1.82) is 0 Å². The number of quaternary nitrogens is 1. The third kappa shape index (κ3) is 7.87. The summed E-state index contributed by atoms with van der Waals surface area (Å²) < 4.78 is 10.7. The van der Waals surface area contributed by atoms with Gasteiger partial charge in [-0.1, -0.05) is 6.07 Å². The molecule has 0 heterocycles. The molecule has 1 amide bonds. The number of carbonyl (C=O) groups is 1. The molecule has 1 rings (SSSR count). The summed E-state index contributed by atoms with van der Waals surface area (Å²) in [6, 6.07) is 7.38. The minimum Gasteiger partial charge on any atom is -0.497 e. The number of ether oxygens (including phenoxy) is 2. The monoisotopic (exact) mass is 364 g/mol. The minimum absolute atomic E-state index is 0.0946. The molecule has 26 heavy (non-hydrogen) atoms. The van der Waals surface area contributed by atoms with E-state index in [-0.39, 0.29) is 18.0 Å². The van der Waals surface area contributed by atoms with E-state index >= 15 is 0 Å². The molecule has 0 radical (unpaired) electrons. The number of benzene rings is 1. The first-order valence-electron chi connectivity index (χ1n) is 9.53.